The number of aromatic nitrogens is 3. The minimum absolute atomic E-state index is 0.254. The normalized spacial score (nSPS) is 14.2. The van der Waals surface area contributed by atoms with Gasteiger partial charge in [-0.05, 0) is 25.6 Å². The Morgan fingerprint density at radius 1 is 1.30 bits per heavy atom. The SMILES string of the molecule is CCC(C)SCC(NC)c1cnnn1-c1ccccc1. The van der Waals surface area contributed by atoms with Gasteiger partial charge in [0.15, 0.2) is 0 Å². The first-order chi connectivity index (χ1) is 9.76. The van der Waals surface area contributed by atoms with Gasteiger partial charge >= 0.3 is 0 Å². The summed E-state index contributed by atoms with van der Waals surface area (Å²) in [4.78, 5) is 0. The zero-order chi connectivity index (χ0) is 14.4. The van der Waals surface area contributed by atoms with Crippen molar-refractivity contribution in [3.05, 3.63) is 42.2 Å². The van der Waals surface area contributed by atoms with Gasteiger partial charge in [-0.1, -0.05) is 37.3 Å². The van der Waals surface area contributed by atoms with Crippen molar-refractivity contribution < 1.29 is 0 Å². The molecule has 0 aliphatic heterocycles. The molecule has 0 aliphatic carbocycles. The van der Waals surface area contributed by atoms with Crippen LogP contribution < -0.4 is 5.32 Å². The van der Waals surface area contributed by atoms with Crippen molar-refractivity contribution in [2.24, 2.45) is 0 Å². The summed E-state index contributed by atoms with van der Waals surface area (Å²) in [6.45, 7) is 4.49. The summed E-state index contributed by atoms with van der Waals surface area (Å²) >= 11 is 1.98. The van der Waals surface area contributed by atoms with Gasteiger partial charge in [0.1, 0.15) is 0 Å². The molecule has 1 aromatic carbocycles. The number of nitrogens with zero attached hydrogens (tertiary/aromatic N) is 3. The molecule has 0 radical (unpaired) electrons. The Hall–Kier alpha value is -1.33. The van der Waals surface area contributed by atoms with Crippen molar-refractivity contribution in [2.45, 2.75) is 31.6 Å². The Bertz CT molecular complexity index is 512. The van der Waals surface area contributed by atoms with E-state index in [1.54, 1.807) is 0 Å². The van der Waals surface area contributed by atoms with Crippen LogP contribution in [0.5, 0.6) is 0 Å². The van der Waals surface area contributed by atoms with E-state index < -0.39 is 0 Å². The summed E-state index contributed by atoms with van der Waals surface area (Å²) in [6, 6.07) is 10.4. The second-order valence-electron chi connectivity index (χ2n) is 4.80. The van der Waals surface area contributed by atoms with Gasteiger partial charge in [0.2, 0.25) is 0 Å². The Balaban J connectivity index is 2.17. The summed E-state index contributed by atoms with van der Waals surface area (Å²) in [5.74, 6) is 1.02. The minimum atomic E-state index is 0.254. The standard InChI is InChI=1S/C15H22N4S/c1-4-12(2)20-11-14(16-3)15-10-17-18-19(15)13-8-6-5-7-9-13/h5-10,12,14,16H,4,11H2,1-3H3. The van der Waals surface area contributed by atoms with Gasteiger partial charge in [-0.25, -0.2) is 4.68 Å². The average molecular weight is 290 g/mol. The van der Waals surface area contributed by atoms with Crippen LogP contribution in [0.25, 0.3) is 5.69 Å². The predicted molar refractivity (Wildman–Crippen MR) is 85.4 cm³/mol. The molecule has 20 heavy (non-hydrogen) atoms. The predicted octanol–water partition coefficient (Wildman–Crippen LogP) is 3.06. The summed E-state index contributed by atoms with van der Waals surface area (Å²) in [6.07, 6.45) is 3.04. The maximum absolute atomic E-state index is 4.22. The first-order valence-corrected chi connectivity index (χ1v) is 8.06. The number of rotatable bonds is 7. The highest BCUT2D eigenvalue weighted by molar-refractivity contribution is 7.99. The van der Waals surface area contributed by atoms with Crippen molar-refractivity contribution in [1.82, 2.24) is 20.3 Å². The third-order valence-corrected chi connectivity index (χ3v) is 4.83. The largest absolute Gasteiger partial charge is 0.311 e. The average Bonchev–Trinajstić information content (AvgIpc) is 2.98. The first kappa shape index (κ1) is 15.1. The molecule has 0 spiro atoms. The molecule has 108 valence electrons. The fraction of sp³-hybridized carbons (Fsp3) is 0.467. The fourth-order valence-corrected chi connectivity index (χ4v) is 3.04. The quantitative estimate of drug-likeness (QED) is 0.851. The lowest BCUT2D eigenvalue weighted by Crippen LogP contribution is -2.22. The number of hydrogen-bond donors (Lipinski definition) is 1. The smallest absolute Gasteiger partial charge is 0.0823 e. The number of thioether (sulfide) groups is 1. The molecule has 4 nitrogen and oxygen atoms in total. The van der Waals surface area contributed by atoms with E-state index in [-0.39, 0.29) is 6.04 Å². The van der Waals surface area contributed by atoms with E-state index >= 15 is 0 Å². The molecule has 0 fully saturated rings. The van der Waals surface area contributed by atoms with E-state index in [4.69, 9.17) is 0 Å². The zero-order valence-electron chi connectivity index (χ0n) is 12.3. The van der Waals surface area contributed by atoms with Crippen LogP contribution >= 0.6 is 11.8 Å². The lowest BCUT2D eigenvalue weighted by molar-refractivity contribution is 0.609. The van der Waals surface area contributed by atoms with Gasteiger partial charge in [-0.2, -0.15) is 11.8 Å². The van der Waals surface area contributed by atoms with Crippen LogP contribution in [-0.2, 0) is 0 Å². The Morgan fingerprint density at radius 3 is 2.70 bits per heavy atom. The molecule has 1 heterocycles. The van der Waals surface area contributed by atoms with E-state index in [9.17, 15) is 0 Å². The first-order valence-electron chi connectivity index (χ1n) is 7.01. The third-order valence-electron chi connectivity index (χ3n) is 3.40. The number of benzene rings is 1. The fourth-order valence-electron chi connectivity index (χ4n) is 1.95. The van der Waals surface area contributed by atoms with Crippen LogP contribution in [0, 0.1) is 0 Å². The second-order valence-corrected chi connectivity index (χ2v) is 6.27. The Kier molecular flexibility index (Phi) is 5.61. The summed E-state index contributed by atoms with van der Waals surface area (Å²) in [7, 11) is 1.99. The van der Waals surface area contributed by atoms with Gasteiger partial charge in [0, 0.05) is 11.0 Å². The highest BCUT2D eigenvalue weighted by atomic mass is 32.2. The van der Waals surface area contributed by atoms with Gasteiger partial charge < -0.3 is 5.32 Å². The van der Waals surface area contributed by atoms with Gasteiger partial charge in [-0.15, -0.1) is 5.10 Å². The van der Waals surface area contributed by atoms with E-state index in [1.165, 1.54) is 6.42 Å². The van der Waals surface area contributed by atoms with E-state index in [0.29, 0.717) is 5.25 Å². The van der Waals surface area contributed by atoms with Gasteiger partial charge in [0.05, 0.1) is 23.6 Å². The number of nitrogens with one attached hydrogen (secondary N) is 1. The molecule has 1 N–H and O–H groups in total. The lowest BCUT2D eigenvalue weighted by atomic mass is 10.2. The molecule has 5 heteroatoms. The summed E-state index contributed by atoms with van der Waals surface area (Å²) in [5.41, 5.74) is 2.16. The summed E-state index contributed by atoms with van der Waals surface area (Å²) < 4.78 is 1.92. The molecule has 1 aromatic heterocycles. The molecular weight excluding hydrogens is 268 g/mol. The molecule has 2 rings (SSSR count). The minimum Gasteiger partial charge on any atom is -0.311 e. The topological polar surface area (TPSA) is 42.7 Å². The number of hydrogen-bond acceptors (Lipinski definition) is 4. The zero-order valence-corrected chi connectivity index (χ0v) is 13.1. The van der Waals surface area contributed by atoms with Crippen LogP contribution in [0.15, 0.2) is 36.5 Å². The Morgan fingerprint density at radius 2 is 2.05 bits per heavy atom. The number of para-hydroxylation sites is 1. The van der Waals surface area contributed by atoms with Crippen LogP contribution in [0.3, 0.4) is 0 Å². The van der Waals surface area contributed by atoms with E-state index in [1.807, 2.05) is 60.0 Å². The van der Waals surface area contributed by atoms with Crippen molar-refractivity contribution in [1.29, 1.82) is 0 Å². The highest BCUT2D eigenvalue weighted by Crippen LogP contribution is 2.23. The highest BCUT2D eigenvalue weighted by Gasteiger charge is 2.17. The third kappa shape index (κ3) is 3.61. The Labute approximate surface area is 125 Å². The summed E-state index contributed by atoms with van der Waals surface area (Å²) in [5, 5.41) is 12.3. The van der Waals surface area contributed by atoms with Crippen molar-refractivity contribution in [2.75, 3.05) is 12.8 Å². The molecule has 2 aromatic rings. The molecule has 2 atom stereocenters. The van der Waals surface area contributed by atoms with Crippen LogP contribution in [0.1, 0.15) is 32.0 Å². The molecule has 2 unspecified atom stereocenters. The van der Waals surface area contributed by atoms with E-state index in [2.05, 4.69) is 29.5 Å². The second kappa shape index (κ2) is 7.45. The maximum Gasteiger partial charge on any atom is 0.0823 e. The van der Waals surface area contributed by atoms with Crippen LogP contribution in [0.4, 0.5) is 0 Å². The van der Waals surface area contributed by atoms with E-state index in [0.717, 1.165) is 17.1 Å². The lowest BCUT2D eigenvalue weighted by Gasteiger charge is -2.18. The molecular formula is C15H22N4S. The van der Waals surface area contributed by atoms with Gasteiger partial charge in [0.25, 0.3) is 0 Å². The molecule has 0 bridgehead atoms. The van der Waals surface area contributed by atoms with Crippen molar-refractivity contribution >= 4 is 11.8 Å². The molecule has 0 saturated carbocycles. The monoisotopic (exact) mass is 290 g/mol. The molecule has 0 aliphatic rings. The molecule has 0 saturated heterocycles. The maximum atomic E-state index is 4.22. The molecule has 0 amide bonds. The van der Waals surface area contributed by atoms with Crippen LogP contribution in [-0.4, -0.2) is 33.0 Å². The van der Waals surface area contributed by atoms with Crippen molar-refractivity contribution in [3.63, 3.8) is 0 Å². The van der Waals surface area contributed by atoms with Gasteiger partial charge in [-0.3, -0.25) is 0 Å². The van der Waals surface area contributed by atoms with Crippen molar-refractivity contribution in [3.8, 4) is 5.69 Å². The van der Waals surface area contributed by atoms with Crippen LogP contribution in [0.2, 0.25) is 0 Å².